The SMILES string of the molecule is Cc1ccc([N+](=O)[O-])cc1NS(=O)(=O)c1c(C)c(C)c(C)c(C)c1C. The molecule has 2 rings (SSSR count). The Bertz CT molecular complexity index is 950. The van der Waals surface area contributed by atoms with E-state index in [4.69, 9.17) is 0 Å². The number of benzene rings is 2. The van der Waals surface area contributed by atoms with E-state index in [1.54, 1.807) is 20.8 Å². The fourth-order valence-corrected chi connectivity index (χ4v) is 4.62. The van der Waals surface area contributed by atoms with Gasteiger partial charge in [-0.1, -0.05) is 6.07 Å². The Balaban J connectivity index is 2.63. The van der Waals surface area contributed by atoms with Crippen molar-refractivity contribution in [3.05, 3.63) is 61.7 Å². The number of hydrogen-bond acceptors (Lipinski definition) is 4. The van der Waals surface area contributed by atoms with Crippen molar-refractivity contribution in [2.75, 3.05) is 4.72 Å². The number of hydrogen-bond donors (Lipinski definition) is 1. The minimum atomic E-state index is -3.87. The molecule has 0 aliphatic rings. The first-order valence-electron chi connectivity index (χ1n) is 7.82. The van der Waals surface area contributed by atoms with Crippen LogP contribution in [0.25, 0.3) is 0 Å². The predicted octanol–water partition coefficient (Wildman–Crippen LogP) is 4.25. The third-order valence-corrected chi connectivity index (χ3v) is 6.51. The smallest absolute Gasteiger partial charge is 0.271 e. The highest BCUT2D eigenvalue weighted by Gasteiger charge is 2.24. The quantitative estimate of drug-likeness (QED) is 0.650. The van der Waals surface area contributed by atoms with E-state index in [2.05, 4.69) is 4.72 Å². The molecule has 2 aromatic rings. The third-order valence-electron chi connectivity index (χ3n) is 4.88. The maximum Gasteiger partial charge on any atom is 0.271 e. The van der Waals surface area contributed by atoms with Gasteiger partial charge >= 0.3 is 0 Å². The second-order valence-electron chi connectivity index (χ2n) is 6.32. The van der Waals surface area contributed by atoms with Crippen molar-refractivity contribution in [1.29, 1.82) is 0 Å². The van der Waals surface area contributed by atoms with Crippen molar-refractivity contribution in [3.63, 3.8) is 0 Å². The number of nitrogens with one attached hydrogen (secondary N) is 1. The zero-order chi connectivity index (χ0) is 19.1. The van der Waals surface area contributed by atoms with Crippen LogP contribution >= 0.6 is 0 Å². The van der Waals surface area contributed by atoms with Crippen LogP contribution in [-0.4, -0.2) is 13.3 Å². The lowest BCUT2D eigenvalue weighted by Gasteiger charge is -2.19. The normalized spacial score (nSPS) is 11.4. The molecule has 0 unspecified atom stereocenters. The number of sulfonamides is 1. The molecule has 0 fully saturated rings. The molecule has 0 saturated carbocycles. The topological polar surface area (TPSA) is 89.3 Å². The Morgan fingerprint density at radius 2 is 1.36 bits per heavy atom. The van der Waals surface area contributed by atoms with Gasteiger partial charge in [0.25, 0.3) is 15.7 Å². The van der Waals surface area contributed by atoms with Crippen LogP contribution in [0.1, 0.15) is 33.4 Å². The van der Waals surface area contributed by atoms with Crippen LogP contribution in [0.2, 0.25) is 0 Å². The first-order valence-corrected chi connectivity index (χ1v) is 9.30. The van der Waals surface area contributed by atoms with E-state index < -0.39 is 14.9 Å². The fourth-order valence-electron chi connectivity index (χ4n) is 2.90. The van der Waals surface area contributed by atoms with Crippen LogP contribution < -0.4 is 4.72 Å². The monoisotopic (exact) mass is 362 g/mol. The van der Waals surface area contributed by atoms with Gasteiger partial charge in [0.2, 0.25) is 0 Å². The molecule has 0 bridgehead atoms. The van der Waals surface area contributed by atoms with Gasteiger partial charge in [0, 0.05) is 12.1 Å². The number of anilines is 1. The zero-order valence-corrected chi connectivity index (χ0v) is 16.0. The van der Waals surface area contributed by atoms with Gasteiger partial charge in [-0.15, -0.1) is 0 Å². The molecular weight excluding hydrogens is 340 g/mol. The molecule has 1 N–H and O–H groups in total. The van der Waals surface area contributed by atoms with Crippen molar-refractivity contribution in [3.8, 4) is 0 Å². The summed E-state index contributed by atoms with van der Waals surface area (Å²) in [6.45, 7) is 11.0. The van der Waals surface area contributed by atoms with Gasteiger partial charge in [0.1, 0.15) is 0 Å². The average Bonchev–Trinajstić information content (AvgIpc) is 2.52. The lowest BCUT2D eigenvalue weighted by Crippen LogP contribution is -2.18. The number of non-ortho nitro benzene ring substituents is 1. The van der Waals surface area contributed by atoms with Crippen molar-refractivity contribution >= 4 is 21.4 Å². The van der Waals surface area contributed by atoms with Crippen molar-refractivity contribution in [1.82, 2.24) is 0 Å². The predicted molar refractivity (Wildman–Crippen MR) is 98.8 cm³/mol. The summed E-state index contributed by atoms with van der Waals surface area (Å²) in [7, 11) is -3.87. The van der Waals surface area contributed by atoms with E-state index in [1.165, 1.54) is 18.2 Å². The van der Waals surface area contributed by atoms with Crippen molar-refractivity contribution in [2.45, 2.75) is 46.4 Å². The van der Waals surface area contributed by atoms with Crippen LogP contribution in [0.3, 0.4) is 0 Å². The fraction of sp³-hybridized carbons (Fsp3) is 0.333. The van der Waals surface area contributed by atoms with E-state index in [0.29, 0.717) is 16.7 Å². The maximum absolute atomic E-state index is 13.0. The molecule has 0 aromatic heterocycles. The third kappa shape index (κ3) is 3.37. The summed E-state index contributed by atoms with van der Waals surface area (Å²) < 4.78 is 28.5. The van der Waals surface area contributed by atoms with Gasteiger partial charge in [0.05, 0.1) is 15.5 Å². The summed E-state index contributed by atoms with van der Waals surface area (Å²) in [5.74, 6) is 0. The molecule has 6 nitrogen and oxygen atoms in total. The summed E-state index contributed by atoms with van der Waals surface area (Å²) in [4.78, 5) is 10.7. The molecule has 0 aliphatic heterocycles. The van der Waals surface area contributed by atoms with Gasteiger partial charge in [-0.25, -0.2) is 8.42 Å². The summed E-state index contributed by atoms with van der Waals surface area (Å²) in [5, 5.41) is 11.0. The van der Waals surface area contributed by atoms with Crippen LogP contribution in [0, 0.1) is 51.7 Å². The van der Waals surface area contributed by atoms with Gasteiger partial charge < -0.3 is 0 Å². The summed E-state index contributed by atoms with van der Waals surface area (Å²) in [5.41, 5.74) is 4.98. The average molecular weight is 362 g/mol. The number of nitro benzene ring substituents is 1. The van der Waals surface area contributed by atoms with E-state index in [1.807, 2.05) is 20.8 Å². The molecule has 7 heteroatoms. The maximum atomic E-state index is 13.0. The van der Waals surface area contributed by atoms with Gasteiger partial charge in [-0.2, -0.15) is 0 Å². The number of rotatable bonds is 4. The molecule has 0 saturated heterocycles. The number of nitro groups is 1. The molecule has 134 valence electrons. The second-order valence-corrected chi connectivity index (χ2v) is 7.94. The highest BCUT2D eigenvalue weighted by Crippen LogP contribution is 2.32. The lowest BCUT2D eigenvalue weighted by atomic mass is 9.95. The first kappa shape index (κ1) is 18.9. The minimum absolute atomic E-state index is 0.159. The minimum Gasteiger partial charge on any atom is -0.279 e. The lowest BCUT2D eigenvalue weighted by molar-refractivity contribution is -0.384. The molecular formula is C18H22N2O4S. The van der Waals surface area contributed by atoms with Crippen LogP contribution in [0.15, 0.2) is 23.1 Å². The summed E-state index contributed by atoms with van der Waals surface area (Å²) >= 11 is 0. The Hall–Kier alpha value is -2.41. The molecule has 0 radical (unpaired) electrons. The molecule has 0 heterocycles. The second kappa shape index (κ2) is 6.48. The highest BCUT2D eigenvalue weighted by atomic mass is 32.2. The zero-order valence-electron chi connectivity index (χ0n) is 15.2. The molecule has 25 heavy (non-hydrogen) atoms. The molecule has 2 aromatic carbocycles. The Labute approximate surface area is 148 Å². The van der Waals surface area contributed by atoms with Gasteiger partial charge in [-0.3, -0.25) is 14.8 Å². The Morgan fingerprint density at radius 1 is 0.880 bits per heavy atom. The van der Waals surface area contributed by atoms with Gasteiger partial charge in [0.15, 0.2) is 0 Å². The highest BCUT2D eigenvalue weighted by molar-refractivity contribution is 7.92. The van der Waals surface area contributed by atoms with E-state index >= 15 is 0 Å². The van der Waals surface area contributed by atoms with E-state index in [0.717, 1.165) is 16.7 Å². The van der Waals surface area contributed by atoms with Crippen LogP contribution in [0.4, 0.5) is 11.4 Å². The van der Waals surface area contributed by atoms with E-state index in [-0.39, 0.29) is 16.3 Å². The molecule has 0 spiro atoms. The summed E-state index contributed by atoms with van der Waals surface area (Å²) in [6, 6.07) is 4.12. The molecule has 0 aliphatic carbocycles. The Kier molecular flexibility index (Phi) is 4.90. The Morgan fingerprint density at radius 3 is 1.84 bits per heavy atom. The molecule has 0 atom stereocenters. The largest absolute Gasteiger partial charge is 0.279 e. The van der Waals surface area contributed by atoms with Crippen LogP contribution in [-0.2, 0) is 10.0 Å². The standard InChI is InChI=1S/C18H22N2O4S/c1-10-7-8-16(20(21)22)9-17(10)19-25(23,24)18-14(5)12(3)11(2)13(4)15(18)6/h7-9,19H,1-6H3. The van der Waals surface area contributed by atoms with Gasteiger partial charge in [-0.05, 0) is 74.9 Å². The van der Waals surface area contributed by atoms with E-state index in [9.17, 15) is 18.5 Å². The number of nitrogens with zero attached hydrogens (tertiary/aromatic N) is 1. The summed E-state index contributed by atoms with van der Waals surface area (Å²) in [6.07, 6.45) is 0. The first-order chi connectivity index (χ1) is 11.5. The van der Waals surface area contributed by atoms with Crippen LogP contribution in [0.5, 0.6) is 0 Å². The molecule has 0 amide bonds. The van der Waals surface area contributed by atoms with Crippen molar-refractivity contribution < 1.29 is 13.3 Å². The number of aryl methyl sites for hydroxylation is 1. The van der Waals surface area contributed by atoms with Crippen molar-refractivity contribution in [2.24, 2.45) is 0 Å².